The van der Waals surface area contributed by atoms with Crippen molar-refractivity contribution in [1.82, 2.24) is 5.32 Å². The molecule has 2 aromatic carbocycles. The molecule has 5 nitrogen and oxygen atoms in total. The third-order valence-electron chi connectivity index (χ3n) is 3.02. The first-order valence-corrected chi connectivity index (χ1v) is 6.62. The Kier molecular flexibility index (Phi) is 4.66. The summed E-state index contributed by atoms with van der Waals surface area (Å²) < 4.78 is 5.24. The number of anilines is 2. The number of nitrogen functional groups attached to an aromatic ring is 1. The third kappa shape index (κ3) is 4.14. The second-order valence-corrected chi connectivity index (χ2v) is 4.75. The molecule has 4 N–H and O–H groups in total. The Morgan fingerprint density at radius 3 is 2.76 bits per heavy atom. The highest BCUT2D eigenvalue weighted by atomic mass is 16.5. The van der Waals surface area contributed by atoms with Crippen molar-refractivity contribution < 1.29 is 9.53 Å². The van der Waals surface area contributed by atoms with Crippen LogP contribution in [0.5, 0.6) is 5.75 Å². The fourth-order valence-electron chi connectivity index (χ4n) is 2.01. The average Bonchev–Trinajstić information content (AvgIpc) is 2.45. The smallest absolute Gasteiger partial charge is 0.319 e. The molecule has 0 aliphatic rings. The minimum Gasteiger partial charge on any atom is -0.496 e. The fourth-order valence-corrected chi connectivity index (χ4v) is 2.01. The maximum atomic E-state index is 11.9. The lowest BCUT2D eigenvalue weighted by molar-refractivity contribution is 0.251. The first kappa shape index (κ1) is 14.7. The average molecular weight is 285 g/mol. The summed E-state index contributed by atoms with van der Waals surface area (Å²) in [6.07, 6.45) is 0. The largest absolute Gasteiger partial charge is 0.496 e. The van der Waals surface area contributed by atoms with Gasteiger partial charge in [-0.25, -0.2) is 4.79 Å². The van der Waals surface area contributed by atoms with Gasteiger partial charge in [0, 0.05) is 23.5 Å². The van der Waals surface area contributed by atoms with Gasteiger partial charge in [-0.1, -0.05) is 12.1 Å². The van der Waals surface area contributed by atoms with E-state index in [4.69, 9.17) is 10.5 Å². The van der Waals surface area contributed by atoms with Gasteiger partial charge in [0.1, 0.15) is 5.75 Å². The van der Waals surface area contributed by atoms with Crippen molar-refractivity contribution in [2.75, 3.05) is 18.2 Å². The second kappa shape index (κ2) is 6.65. The molecule has 0 aromatic heterocycles. The van der Waals surface area contributed by atoms with Crippen LogP contribution >= 0.6 is 0 Å². The van der Waals surface area contributed by atoms with Gasteiger partial charge in [-0.2, -0.15) is 0 Å². The molecule has 0 bridgehead atoms. The molecule has 110 valence electrons. The SMILES string of the molecule is COc1ccc(N)cc1CNC(=O)Nc1cccc(C)c1. The Hall–Kier alpha value is -2.69. The molecule has 2 aromatic rings. The molecule has 0 unspecified atom stereocenters. The second-order valence-electron chi connectivity index (χ2n) is 4.75. The van der Waals surface area contributed by atoms with Gasteiger partial charge in [-0.3, -0.25) is 0 Å². The number of urea groups is 1. The topological polar surface area (TPSA) is 76.4 Å². The van der Waals surface area contributed by atoms with Crippen molar-refractivity contribution in [1.29, 1.82) is 0 Å². The van der Waals surface area contributed by atoms with E-state index in [-0.39, 0.29) is 6.03 Å². The lowest BCUT2D eigenvalue weighted by atomic mass is 10.2. The van der Waals surface area contributed by atoms with Crippen LogP contribution in [-0.2, 0) is 6.54 Å². The maximum Gasteiger partial charge on any atom is 0.319 e. The van der Waals surface area contributed by atoms with Crippen molar-refractivity contribution in [3.8, 4) is 5.75 Å². The number of hydrogen-bond acceptors (Lipinski definition) is 3. The number of amides is 2. The highest BCUT2D eigenvalue weighted by Gasteiger charge is 2.06. The highest BCUT2D eigenvalue weighted by Crippen LogP contribution is 2.20. The number of rotatable bonds is 4. The Morgan fingerprint density at radius 2 is 2.05 bits per heavy atom. The molecular weight excluding hydrogens is 266 g/mol. The molecule has 0 saturated carbocycles. The zero-order chi connectivity index (χ0) is 15.2. The summed E-state index contributed by atoms with van der Waals surface area (Å²) >= 11 is 0. The fraction of sp³-hybridized carbons (Fsp3) is 0.188. The van der Waals surface area contributed by atoms with Crippen LogP contribution in [0.4, 0.5) is 16.2 Å². The van der Waals surface area contributed by atoms with Gasteiger partial charge >= 0.3 is 6.03 Å². The van der Waals surface area contributed by atoms with Gasteiger partial charge in [0.2, 0.25) is 0 Å². The van der Waals surface area contributed by atoms with Crippen molar-refractivity contribution >= 4 is 17.4 Å². The molecule has 0 heterocycles. The number of nitrogens with two attached hydrogens (primary N) is 1. The Labute approximate surface area is 124 Å². The third-order valence-corrected chi connectivity index (χ3v) is 3.02. The van der Waals surface area contributed by atoms with Crippen molar-refractivity contribution in [2.24, 2.45) is 0 Å². The normalized spacial score (nSPS) is 10.0. The van der Waals surface area contributed by atoms with Crippen LogP contribution in [0.2, 0.25) is 0 Å². The Morgan fingerprint density at radius 1 is 1.24 bits per heavy atom. The van der Waals surface area contributed by atoms with Crippen molar-refractivity contribution in [2.45, 2.75) is 13.5 Å². The zero-order valence-electron chi connectivity index (χ0n) is 12.1. The Bertz CT molecular complexity index is 641. The molecule has 0 aliphatic carbocycles. The number of methoxy groups -OCH3 is 1. The van der Waals surface area contributed by atoms with Crippen LogP contribution < -0.4 is 21.1 Å². The highest BCUT2D eigenvalue weighted by molar-refractivity contribution is 5.89. The summed E-state index contributed by atoms with van der Waals surface area (Å²) in [5, 5.41) is 5.57. The number of carbonyl (C=O) groups excluding carboxylic acids is 1. The molecule has 0 atom stereocenters. The van der Waals surface area contributed by atoms with Crippen molar-refractivity contribution in [3.05, 3.63) is 53.6 Å². The molecule has 2 amide bonds. The summed E-state index contributed by atoms with van der Waals surface area (Å²) in [7, 11) is 1.59. The van der Waals surface area contributed by atoms with E-state index in [1.165, 1.54) is 0 Å². The molecule has 0 aliphatic heterocycles. The van der Waals surface area contributed by atoms with Gasteiger partial charge in [0.15, 0.2) is 0 Å². The standard InChI is InChI=1S/C16H19N3O2/c1-11-4-3-5-14(8-11)19-16(20)18-10-12-9-13(17)6-7-15(12)21-2/h3-9H,10,17H2,1-2H3,(H2,18,19,20). The maximum absolute atomic E-state index is 11.9. The summed E-state index contributed by atoms with van der Waals surface area (Å²) in [5.41, 5.74) is 9.05. The van der Waals surface area contributed by atoms with Crippen LogP contribution in [0.1, 0.15) is 11.1 Å². The number of hydrogen-bond donors (Lipinski definition) is 3. The molecule has 0 radical (unpaired) electrons. The number of benzene rings is 2. The van der Waals surface area contributed by atoms with E-state index in [0.717, 1.165) is 16.8 Å². The summed E-state index contributed by atoms with van der Waals surface area (Å²) in [6.45, 7) is 2.31. The molecule has 2 rings (SSSR count). The van der Waals surface area contributed by atoms with Gasteiger partial charge in [0.05, 0.1) is 7.11 Å². The molecule has 5 heteroatoms. The van der Waals surface area contributed by atoms with Gasteiger partial charge in [-0.15, -0.1) is 0 Å². The monoisotopic (exact) mass is 285 g/mol. The van der Waals surface area contributed by atoms with E-state index in [2.05, 4.69) is 10.6 Å². The van der Waals surface area contributed by atoms with Crippen LogP contribution in [0, 0.1) is 6.92 Å². The zero-order valence-corrected chi connectivity index (χ0v) is 12.1. The molecule has 0 saturated heterocycles. The van der Waals surface area contributed by atoms with Gasteiger partial charge < -0.3 is 21.1 Å². The number of aryl methyl sites for hydroxylation is 1. The Balaban J connectivity index is 1.96. The van der Waals surface area contributed by atoms with Gasteiger partial charge in [-0.05, 0) is 42.8 Å². The first-order valence-electron chi connectivity index (χ1n) is 6.62. The molecular formula is C16H19N3O2. The van der Waals surface area contributed by atoms with E-state index in [0.29, 0.717) is 18.0 Å². The number of nitrogens with one attached hydrogen (secondary N) is 2. The van der Waals surface area contributed by atoms with E-state index in [1.54, 1.807) is 25.3 Å². The lowest BCUT2D eigenvalue weighted by Gasteiger charge is -2.11. The molecule has 21 heavy (non-hydrogen) atoms. The van der Waals surface area contributed by atoms with Gasteiger partial charge in [0.25, 0.3) is 0 Å². The molecule has 0 fully saturated rings. The van der Waals surface area contributed by atoms with Crippen LogP contribution in [0.15, 0.2) is 42.5 Å². The predicted molar refractivity (Wildman–Crippen MR) is 84.4 cm³/mol. The summed E-state index contributed by atoms with van der Waals surface area (Å²) in [5.74, 6) is 0.694. The van der Waals surface area contributed by atoms with E-state index in [1.807, 2.05) is 31.2 Å². The summed E-state index contributed by atoms with van der Waals surface area (Å²) in [4.78, 5) is 11.9. The molecule has 0 spiro atoms. The number of carbonyl (C=O) groups is 1. The van der Waals surface area contributed by atoms with Crippen LogP contribution in [0.25, 0.3) is 0 Å². The van der Waals surface area contributed by atoms with Crippen LogP contribution in [0.3, 0.4) is 0 Å². The lowest BCUT2D eigenvalue weighted by Crippen LogP contribution is -2.28. The predicted octanol–water partition coefficient (Wildman–Crippen LogP) is 2.91. The van der Waals surface area contributed by atoms with Crippen LogP contribution in [-0.4, -0.2) is 13.1 Å². The van der Waals surface area contributed by atoms with Crippen molar-refractivity contribution in [3.63, 3.8) is 0 Å². The number of ether oxygens (including phenoxy) is 1. The minimum atomic E-state index is -0.273. The minimum absolute atomic E-state index is 0.273. The van der Waals surface area contributed by atoms with E-state index >= 15 is 0 Å². The van der Waals surface area contributed by atoms with E-state index in [9.17, 15) is 4.79 Å². The van der Waals surface area contributed by atoms with E-state index < -0.39 is 0 Å². The first-order chi connectivity index (χ1) is 10.1. The quantitative estimate of drug-likeness (QED) is 0.756. The summed E-state index contributed by atoms with van der Waals surface area (Å²) in [6, 6.07) is 12.7.